The monoisotopic (exact) mass is 360 g/mol. The summed E-state index contributed by atoms with van der Waals surface area (Å²) < 4.78 is 107. The molecule has 0 spiro atoms. The first kappa shape index (κ1) is 16.0. The second-order valence-corrected chi connectivity index (χ2v) is 6.16. The number of nitrogens with two attached hydrogens (primary N) is 2. The van der Waals surface area contributed by atoms with Crippen molar-refractivity contribution in [1.82, 2.24) is 0 Å². The summed E-state index contributed by atoms with van der Waals surface area (Å²) >= 11 is -0.429. The molecule has 0 aromatic heterocycles. The fourth-order valence-corrected chi connectivity index (χ4v) is 3.70. The third-order valence-electron chi connectivity index (χ3n) is 3.61. The van der Waals surface area contributed by atoms with Gasteiger partial charge in [0.1, 0.15) is 11.4 Å². The van der Waals surface area contributed by atoms with Crippen LogP contribution >= 0.6 is 11.8 Å². The predicted molar refractivity (Wildman–Crippen MR) is 65.4 cm³/mol. The first-order valence-electron chi connectivity index (χ1n) is 5.75. The fraction of sp³-hybridized carbons (Fsp3) is 0.167. The maximum absolute atomic E-state index is 14.5. The number of hydrogen-bond donors (Lipinski definition) is 2. The van der Waals surface area contributed by atoms with Gasteiger partial charge in [0.2, 0.25) is 5.00 Å². The molecule has 0 saturated carbocycles. The summed E-state index contributed by atoms with van der Waals surface area (Å²) in [7, 11) is 0. The predicted octanol–water partition coefficient (Wildman–Crippen LogP) is 3.74. The quantitative estimate of drug-likeness (QED) is 0.347. The van der Waals surface area contributed by atoms with Gasteiger partial charge in [-0.1, -0.05) is 11.8 Å². The Bertz CT molecular complexity index is 806. The highest BCUT2D eigenvalue weighted by Crippen LogP contribution is 2.80. The van der Waals surface area contributed by atoms with Gasteiger partial charge in [0.05, 0.1) is 5.56 Å². The van der Waals surface area contributed by atoms with E-state index in [9.17, 15) is 35.1 Å². The van der Waals surface area contributed by atoms with Crippen LogP contribution in [0.15, 0.2) is 23.2 Å². The molecule has 1 aliphatic heterocycles. The van der Waals surface area contributed by atoms with Crippen molar-refractivity contribution in [3.05, 3.63) is 52.0 Å². The van der Waals surface area contributed by atoms with E-state index in [1.54, 1.807) is 0 Å². The van der Waals surface area contributed by atoms with Crippen LogP contribution in [0.3, 0.4) is 0 Å². The number of anilines is 1. The molecule has 1 fully saturated rings. The van der Waals surface area contributed by atoms with Gasteiger partial charge < -0.3 is 11.5 Å². The van der Waals surface area contributed by atoms with E-state index in [1.165, 1.54) is 0 Å². The Morgan fingerprint density at radius 1 is 0.739 bits per heavy atom. The minimum atomic E-state index is -3.53. The number of halogens is 8. The highest BCUT2D eigenvalue weighted by Gasteiger charge is 2.82. The first-order chi connectivity index (χ1) is 10.5. The van der Waals surface area contributed by atoms with E-state index in [1.807, 2.05) is 0 Å². The summed E-state index contributed by atoms with van der Waals surface area (Å²) in [5.74, 6) is -15.1. The normalized spacial score (nSPS) is 29.9. The van der Waals surface area contributed by atoms with E-state index in [-0.39, 0.29) is 0 Å². The Balaban J connectivity index is 2.39. The number of allylic oxidation sites excluding steroid dienone is 1. The zero-order valence-electron chi connectivity index (χ0n) is 10.6. The Hall–Kier alpha value is -1.91. The molecule has 0 bridgehead atoms. The number of hydrogen-bond acceptors (Lipinski definition) is 3. The number of benzene rings is 1. The van der Waals surface area contributed by atoms with Gasteiger partial charge in [-0.2, -0.15) is 0 Å². The summed E-state index contributed by atoms with van der Waals surface area (Å²) in [6.07, 6.45) is 0. The van der Waals surface area contributed by atoms with Crippen LogP contribution in [0, 0.1) is 23.3 Å². The number of nitrogen functional groups attached to an aromatic ring is 1. The fourth-order valence-electron chi connectivity index (χ4n) is 2.39. The molecule has 0 amide bonds. The summed E-state index contributed by atoms with van der Waals surface area (Å²) in [4.78, 5) is 0. The molecule has 4 N–H and O–H groups in total. The Morgan fingerprint density at radius 3 is 1.70 bits per heavy atom. The summed E-state index contributed by atoms with van der Waals surface area (Å²) in [6, 6.07) is 0. The van der Waals surface area contributed by atoms with Gasteiger partial charge in [-0.3, -0.25) is 0 Å². The topological polar surface area (TPSA) is 52.0 Å². The Labute approximate surface area is 126 Å². The average molecular weight is 360 g/mol. The van der Waals surface area contributed by atoms with Crippen molar-refractivity contribution in [1.29, 1.82) is 0 Å². The molecule has 0 radical (unpaired) electrons. The third-order valence-corrected chi connectivity index (χ3v) is 5.14. The lowest BCUT2D eigenvalue weighted by atomic mass is 9.86. The van der Waals surface area contributed by atoms with Gasteiger partial charge in [0.25, 0.3) is 0 Å². The number of fused-ring (bicyclic) bond motifs is 1. The van der Waals surface area contributed by atoms with Crippen molar-refractivity contribution < 1.29 is 35.1 Å². The molecular weight excluding hydrogens is 356 g/mol. The van der Waals surface area contributed by atoms with Crippen LogP contribution in [0.25, 0.3) is 0 Å². The molecule has 1 saturated heterocycles. The molecule has 23 heavy (non-hydrogen) atoms. The lowest BCUT2D eigenvalue weighted by Gasteiger charge is -2.23. The van der Waals surface area contributed by atoms with Crippen LogP contribution in [0.2, 0.25) is 0 Å². The van der Waals surface area contributed by atoms with E-state index >= 15 is 0 Å². The zero-order chi connectivity index (χ0) is 17.5. The van der Waals surface area contributed by atoms with Crippen LogP contribution < -0.4 is 11.5 Å². The van der Waals surface area contributed by atoms with Crippen LogP contribution in [0.5, 0.6) is 0 Å². The molecule has 2 atom stereocenters. The van der Waals surface area contributed by atoms with E-state index in [0.29, 0.717) is 0 Å². The van der Waals surface area contributed by atoms with E-state index in [0.717, 1.165) is 0 Å². The number of alkyl halides is 1. The van der Waals surface area contributed by atoms with Crippen molar-refractivity contribution in [2.45, 2.75) is 9.75 Å². The van der Waals surface area contributed by atoms with Gasteiger partial charge in [-0.05, 0) is 0 Å². The highest BCUT2D eigenvalue weighted by atomic mass is 32.2. The van der Waals surface area contributed by atoms with Gasteiger partial charge in [-0.15, -0.1) is 0 Å². The molecule has 1 heterocycles. The highest BCUT2D eigenvalue weighted by molar-refractivity contribution is 8.09. The van der Waals surface area contributed by atoms with Crippen LogP contribution in [0.1, 0.15) is 5.56 Å². The molecule has 124 valence electrons. The largest absolute Gasteiger partial charge is 0.394 e. The standard InChI is InChI=1S/C12H4F8N2S/c13-2-1(3(14)5(16)7(21)4(2)15)11-9(18)6(17)8(22)10(19)12(11,20)23-11/h21-22H2. The third kappa shape index (κ3) is 1.55. The van der Waals surface area contributed by atoms with Crippen molar-refractivity contribution in [2.75, 3.05) is 5.73 Å². The molecule has 3 rings (SSSR count). The van der Waals surface area contributed by atoms with Crippen LogP contribution in [-0.2, 0) is 4.75 Å². The van der Waals surface area contributed by atoms with Gasteiger partial charge in [0.15, 0.2) is 45.5 Å². The van der Waals surface area contributed by atoms with Crippen molar-refractivity contribution in [3.63, 3.8) is 0 Å². The minimum absolute atomic E-state index is 0.429. The van der Waals surface area contributed by atoms with Crippen molar-refractivity contribution in [3.8, 4) is 0 Å². The van der Waals surface area contributed by atoms with Gasteiger partial charge in [0, 0.05) is 0 Å². The van der Waals surface area contributed by atoms with Gasteiger partial charge in [-0.25, -0.2) is 35.1 Å². The Morgan fingerprint density at radius 2 is 1.22 bits per heavy atom. The minimum Gasteiger partial charge on any atom is -0.394 e. The molecule has 2 aliphatic rings. The SMILES string of the molecule is NC1=C(F)C2(F)SC2(c2c(F)c(F)c(N)c(F)c2F)C(F)=C1F. The molecule has 1 aliphatic carbocycles. The molecule has 1 aromatic rings. The van der Waals surface area contributed by atoms with Crippen LogP contribution in [0.4, 0.5) is 40.8 Å². The molecule has 2 nitrogen and oxygen atoms in total. The summed E-state index contributed by atoms with van der Waals surface area (Å²) in [5.41, 5.74) is 4.63. The number of rotatable bonds is 1. The average Bonchev–Trinajstić information content (AvgIpc) is 3.16. The zero-order valence-corrected chi connectivity index (χ0v) is 11.4. The summed E-state index contributed by atoms with van der Waals surface area (Å²) in [6.45, 7) is 0. The second-order valence-electron chi connectivity index (χ2n) is 4.78. The van der Waals surface area contributed by atoms with Crippen molar-refractivity contribution >= 4 is 17.4 Å². The lowest BCUT2D eigenvalue weighted by Crippen LogP contribution is -2.31. The molecule has 2 unspecified atom stereocenters. The Kier molecular flexibility index (Phi) is 3.01. The van der Waals surface area contributed by atoms with Gasteiger partial charge >= 0.3 is 0 Å². The van der Waals surface area contributed by atoms with E-state index in [4.69, 9.17) is 11.5 Å². The summed E-state index contributed by atoms with van der Waals surface area (Å²) in [5, 5.41) is -3.53. The lowest BCUT2D eigenvalue weighted by molar-refractivity contribution is 0.246. The van der Waals surface area contributed by atoms with Crippen LogP contribution in [-0.4, -0.2) is 5.00 Å². The van der Waals surface area contributed by atoms with E-state index < -0.39 is 79.2 Å². The smallest absolute Gasteiger partial charge is 0.236 e. The number of thioether (sulfide) groups is 1. The molecule has 1 aromatic carbocycles. The van der Waals surface area contributed by atoms with E-state index in [2.05, 4.69) is 0 Å². The molecular formula is C12H4F8N2S. The maximum Gasteiger partial charge on any atom is 0.236 e. The molecule has 11 heteroatoms. The van der Waals surface area contributed by atoms with Crippen molar-refractivity contribution in [2.24, 2.45) is 5.73 Å². The second kappa shape index (κ2) is 4.34. The first-order valence-corrected chi connectivity index (χ1v) is 6.56. The maximum atomic E-state index is 14.5.